The van der Waals surface area contributed by atoms with E-state index >= 15 is 0 Å². The third-order valence-corrected chi connectivity index (χ3v) is 5.05. The number of aryl methyl sites for hydroxylation is 1. The van der Waals surface area contributed by atoms with Crippen LogP contribution in [0, 0.1) is 6.92 Å². The van der Waals surface area contributed by atoms with E-state index in [9.17, 15) is 4.79 Å². The zero-order valence-corrected chi connectivity index (χ0v) is 14.4. The molecule has 23 heavy (non-hydrogen) atoms. The molecule has 5 heteroatoms. The molecule has 0 aliphatic carbocycles. The fourth-order valence-corrected chi connectivity index (χ4v) is 3.59. The van der Waals surface area contributed by atoms with Gasteiger partial charge in [0.05, 0.1) is 6.54 Å². The van der Waals surface area contributed by atoms with Gasteiger partial charge >= 0.3 is 0 Å². The number of nitrogens with zero attached hydrogens (tertiary/aromatic N) is 4. The minimum Gasteiger partial charge on any atom is -0.354 e. The first-order valence-electron chi connectivity index (χ1n) is 8.84. The van der Waals surface area contributed by atoms with Gasteiger partial charge in [0.1, 0.15) is 5.82 Å². The van der Waals surface area contributed by atoms with E-state index in [4.69, 9.17) is 0 Å². The van der Waals surface area contributed by atoms with Crippen LogP contribution in [-0.4, -0.2) is 66.0 Å². The Morgan fingerprint density at radius 3 is 2.65 bits per heavy atom. The molecule has 1 aromatic rings. The minimum absolute atomic E-state index is 0.305. The van der Waals surface area contributed by atoms with E-state index in [0.717, 1.165) is 57.1 Å². The molecule has 1 amide bonds. The van der Waals surface area contributed by atoms with Gasteiger partial charge in [0.2, 0.25) is 5.91 Å². The standard InChI is InChI=1S/C18H28N4O/c1-15-6-5-8-17(19-15)21-12-10-20(11-13-21)14-18(23)22-9-4-3-7-16(22)2/h5-6,8,16H,3-4,7,9-14H2,1-2H3. The van der Waals surface area contributed by atoms with Gasteiger partial charge in [-0.1, -0.05) is 6.07 Å². The molecule has 0 N–H and O–H groups in total. The molecule has 0 spiro atoms. The van der Waals surface area contributed by atoms with Crippen LogP contribution in [-0.2, 0) is 4.79 Å². The van der Waals surface area contributed by atoms with Crippen LogP contribution in [0.1, 0.15) is 31.9 Å². The molecule has 3 rings (SSSR count). The van der Waals surface area contributed by atoms with Gasteiger partial charge in [-0.15, -0.1) is 0 Å². The van der Waals surface area contributed by atoms with Crippen molar-refractivity contribution >= 4 is 11.7 Å². The van der Waals surface area contributed by atoms with E-state index in [1.165, 1.54) is 6.42 Å². The summed E-state index contributed by atoms with van der Waals surface area (Å²) in [6, 6.07) is 6.57. The van der Waals surface area contributed by atoms with E-state index in [-0.39, 0.29) is 0 Å². The molecular weight excluding hydrogens is 288 g/mol. The van der Waals surface area contributed by atoms with Gasteiger partial charge in [0, 0.05) is 44.5 Å². The normalized spacial score (nSPS) is 23.1. The second-order valence-electron chi connectivity index (χ2n) is 6.83. The van der Waals surface area contributed by atoms with Crippen LogP contribution >= 0.6 is 0 Å². The molecule has 0 bridgehead atoms. The van der Waals surface area contributed by atoms with Crippen molar-refractivity contribution in [3.05, 3.63) is 23.9 Å². The highest BCUT2D eigenvalue weighted by Crippen LogP contribution is 2.18. The Morgan fingerprint density at radius 1 is 1.17 bits per heavy atom. The van der Waals surface area contributed by atoms with Crippen molar-refractivity contribution in [2.75, 3.05) is 44.2 Å². The molecule has 2 saturated heterocycles. The molecular formula is C18H28N4O. The van der Waals surface area contributed by atoms with Crippen molar-refractivity contribution in [1.29, 1.82) is 0 Å². The molecule has 0 saturated carbocycles. The van der Waals surface area contributed by atoms with E-state index in [1.807, 2.05) is 13.0 Å². The number of pyridine rings is 1. The number of piperidine rings is 1. The van der Waals surface area contributed by atoms with Crippen LogP contribution in [0.4, 0.5) is 5.82 Å². The Hall–Kier alpha value is -1.62. The van der Waals surface area contributed by atoms with Crippen LogP contribution in [0.25, 0.3) is 0 Å². The summed E-state index contributed by atoms with van der Waals surface area (Å²) in [5.74, 6) is 1.36. The van der Waals surface area contributed by atoms with E-state index in [0.29, 0.717) is 18.5 Å². The lowest BCUT2D eigenvalue weighted by molar-refractivity contribution is -0.135. The van der Waals surface area contributed by atoms with Crippen molar-refractivity contribution in [3.8, 4) is 0 Å². The molecule has 2 fully saturated rings. The predicted octanol–water partition coefficient (Wildman–Crippen LogP) is 1.91. The maximum atomic E-state index is 12.5. The second-order valence-corrected chi connectivity index (χ2v) is 6.83. The molecule has 3 heterocycles. The third kappa shape index (κ3) is 4.02. The molecule has 2 aliphatic rings. The van der Waals surface area contributed by atoms with Crippen molar-refractivity contribution in [2.45, 2.75) is 39.2 Å². The Bertz CT molecular complexity index is 540. The van der Waals surface area contributed by atoms with Crippen LogP contribution in [0.3, 0.4) is 0 Å². The van der Waals surface area contributed by atoms with Crippen LogP contribution < -0.4 is 4.90 Å². The lowest BCUT2D eigenvalue weighted by atomic mass is 10.0. The summed E-state index contributed by atoms with van der Waals surface area (Å²) in [6.07, 6.45) is 3.56. The first kappa shape index (κ1) is 16.2. The number of amides is 1. The first-order chi connectivity index (χ1) is 11.1. The average molecular weight is 316 g/mol. The lowest BCUT2D eigenvalue weighted by Crippen LogP contribution is -2.52. The van der Waals surface area contributed by atoms with Crippen molar-refractivity contribution in [1.82, 2.24) is 14.8 Å². The fourth-order valence-electron chi connectivity index (χ4n) is 3.59. The smallest absolute Gasteiger partial charge is 0.236 e. The summed E-state index contributed by atoms with van der Waals surface area (Å²) < 4.78 is 0. The van der Waals surface area contributed by atoms with Gasteiger partial charge in [-0.3, -0.25) is 9.69 Å². The number of rotatable bonds is 3. The van der Waals surface area contributed by atoms with Gasteiger partial charge in [0.15, 0.2) is 0 Å². The number of carbonyl (C=O) groups is 1. The minimum atomic E-state index is 0.305. The average Bonchev–Trinajstić information content (AvgIpc) is 2.56. The highest BCUT2D eigenvalue weighted by molar-refractivity contribution is 5.78. The summed E-state index contributed by atoms with van der Waals surface area (Å²) in [7, 11) is 0. The van der Waals surface area contributed by atoms with E-state index in [1.54, 1.807) is 0 Å². The molecule has 1 atom stereocenters. The lowest BCUT2D eigenvalue weighted by Gasteiger charge is -2.38. The number of hydrogen-bond donors (Lipinski definition) is 0. The summed E-state index contributed by atoms with van der Waals surface area (Å²) in [5, 5.41) is 0. The van der Waals surface area contributed by atoms with Crippen LogP contribution in [0.2, 0.25) is 0 Å². The Balaban J connectivity index is 1.50. The maximum Gasteiger partial charge on any atom is 0.236 e. The van der Waals surface area contributed by atoms with Gasteiger partial charge in [-0.25, -0.2) is 4.98 Å². The quantitative estimate of drug-likeness (QED) is 0.854. The topological polar surface area (TPSA) is 39.7 Å². The number of piperazine rings is 1. The zero-order valence-electron chi connectivity index (χ0n) is 14.4. The van der Waals surface area contributed by atoms with Crippen molar-refractivity contribution < 1.29 is 4.79 Å². The summed E-state index contributed by atoms with van der Waals surface area (Å²) >= 11 is 0. The molecule has 5 nitrogen and oxygen atoms in total. The van der Waals surface area contributed by atoms with Crippen LogP contribution in [0.15, 0.2) is 18.2 Å². The molecule has 2 aliphatic heterocycles. The van der Waals surface area contributed by atoms with E-state index < -0.39 is 0 Å². The first-order valence-corrected chi connectivity index (χ1v) is 8.84. The highest BCUT2D eigenvalue weighted by Gasteiger charge is 2.26. The van der Waals surface area contributed by atoms with Crippen LogP contribution in [0.5, 0.6) is 0 Å². The largest absolute Gasteiger partial charge is 0.354 e. The Morgan fingerprint density at radius 2 is 1.96 bits per heavy atom. The second kappa shape index (κ2) is 7.30. The zero-order chi connectivity index (χ0) is 16.2. The molecule has 126 valence electrons. The molecule has 0 radical (unpaired) electrons. The maximum absolute atomic E-state index is 12.5. The predicted molar refractivity (Wildman–Crippen MR) is 92.7 cm³/mol. The van der Waals surface area contributed by atoms with Crippen molar-refractivity contribution in [3.63, 3.8) is 0 Å². The number of anilines is 1. The van der Waals surface area contributed by atoms with Gasteiger partial charge < -0.3 is 9.80 Å². The molecule has 1 aromatic heterocycles. The monoisotopic (exact) mass is 316 g/mol. The summed E-state index contributed by atoms with van der Waals surface area (Å²) in [6.45, 7) is 9.47. The SMILES string of the molecule is Cc1cccc(N2CCN(CC(=O)N3CCCCC3C)CC2)n1. The van der Waals surface area contributed by atoms with Gasteiger partial charge in [-0.05, 0) is 45.2 Å². The van der Waals surface area contributed by atoms with Crippen molar-refractivity contribution in [2.24, 2.45) is 0 Å². The number of likely N-dealkylation sites (tertiary alicyclic amines) is 1. The Kier molecular flexibility index (Phi) is 5.16. The summed E-state index contributed by atoms with van der Waals surface area (Å²) in [4.78, 5) is 23.8. The summed E-state index contributed by atoms with van der Waals surface area (Å²) in [5.41, 5.74) is 1.05. The molecule has 1 unspecified atom stereocenters. The fraction of sp³-hybridized carbons (Fsp3) is 0.667. The number of aromatic nitrogens is 1. The van der Waals surface area contributed by atoms with Gasteiger partial charge in [-0.2, -0.15) is 0 Å². The highest BCUT2D eigenvalue weighted by atomic mass is 16.2. The number of carbonyl (C=O) groups excluding carboxylic acids is 1. The third-order valence-electron chi connectivity index (χ3n) is 5.05. The van der Waals surface area contributed by atoms with E-state index in [2.05, 4.69) is 38.7 Å². The molecule has 0 aromatic carbocycles. The Labute approximate surface area is 139 Å². The number of hydrogen-bond acceptors (Lipinski definition) is 4. The van der Waals surface area contributed by atoms with Gasteiger partial charge in [0.25, 0.3) is 0 Å².